The molecule has 0 radical (unpaired) electrons. The van der Waals surface area contributed by atoms with E-state index in [9.17, 15) is 8.42 Å². The summed E-state index contributed by atoms with van der Waals surface area (Å²) in [5, 5.41) is 0. The number of hydrogen-bond donors (Lipinski definition) is 1. The predicted molar refractivity (Wildman–Crippen MR) is 65.7 cm³/mol. The number of sulfonamides is 1. The van der Waals surface area contributed by atoms with Crippen molar-refractivity contribution < 1.29 is 8.42 Å². The summed E-state index contributed by atoms with van der Waals surface area (Å²) in [6.07, 6.45) is 3.30. The molecule has 1 aromatic rings. The molecule has 0 aliphatic heterocycles. The lowest BCUT2D eigenvalue weighted by Crippen LogP contribution is -2.33. The third-order valence-electron chi connectivity index (χ3n) is 2.24. The molecule has 0 saturated carbocycles. The van der Waals surface area contributed by atoms with E-state index >= 15 is 0 Å². The molecule has 0 saturated heterocycles. The molecule has 0 spiro atoms. The first-order chi connectivity index (χ1) is 7.60. The first kappa shape index (κ1) is 12.9. The SMILES string of the molecule is C=CC(CCC)NS(=O)(=O)c1ccccc1. The van der Waals surface area contributed by atoms with E-state index in [4.69, 9.17) is 0 Å². The van der Waals surface area contributed by atoms with Crippen LogP contribution in [0.2, 0.25) is 0 Å². The molecule has 0 aromatic heterocycles. The molecule has 1 atom stereocenters. The third-order valence-corrected chi connectivity index (χ3v) is 3.75. The summed E-state index contributed by atoms with van der Waals surface area (Å²) in [6, 6.07) is 8.16. The van der Waals surface area contributed by atoms with Gasteiger partial charge in [0, 0.05) is 6.04 Å². The minimum atomic E-state index is -3.42. The monoisotopic (exact) mass is 239 g/mol. The second-order valence-corrected chi connectivity index (χ2v) is 5.28. The first-order valence-corrected chi connectivity index (χ1v) is 6.78. The second kappa shape index (κ2) is 5.82. The smallest absolute Gasteiger partial charge is 0.207 e. The Morgan fingerprint density at radius 3 is 2.50 bits per heavy atom. The van der Waals surface area contributed by atoms with E-state index in [1.807, 2.05) is 6.92 Å². The first-order valence-electron chi connectivity index (χ1n) is 5.30. The van der Waals surface area contributed by atoms with Gasteiger partial charge < -0.3 is 0 Å². The zero-order chi connectivity index (χ0) is 12.0. The van der Waals surface area contributed by atoms with E-state index in [0.717, 1.165) is 12.8 Å². The molecular formula is C12H17NO2S. The van der Waals surface area contributed by atoms with Crippen molar-refractivity contribution in [1.82, 2.24) is 4.72 Å². The number of hydrogen-bond acceptors (Lipinski definition) is 2. The van der Waals surface area contributed by atoms with Gasteiger partial charge >= 0.3 is 0 Å². The molecule has 1 aromatic carbocycles. The van der Waals surface area contributed by atoms with Crippen molar-refractivity contribution in [3.05, 3.63) is 43.0 Å². The zero-order valence-electron chi connectivity index (χ0n) is 9.39. The molecule has 1 unspecified atom stereocenters. The van der Waals surface area contributed by atoms with Crippen molar-refractivity contribution in [2.24, 2.45) is 0 Å². The average molecular weight is 239 g/mol. The molecule has 3 nitrogen and oxygen atoms in total. The van der Waals surface area contributed by atoms with E-state index < -0.39 is 10.0 Å². The Morgan fingerprint density at radius 2 is 2.00 bits per heavy atom. The van der Waals surface area contributed by atoms with Gasteiger partial charge in [-0.2, -0.15) is 0 Å². The highest BCUT2D eigenvalue weighted by Gasteiger charge is 2.16. The maximum Gasteiger partial charge on any atom is 0.241 e. The minimum absolute atomic E-state index is 0.199. The quantitative estimate of drug-likeness (QED) is 0.774. The van der Waals surface area contributed by atoms with Crippen LogP contribution < -0.4 is 4.72 Å². The normalized spacial score (nSPS) is 13.3. The summed E-state index contributed by atoms with van der Waals surface area (Å²) in [5.41, 5.74) is 0. The lowest BCUT2D eigenvalue weighted by Gasteiger charge is -2.13. The van der Waals surface area contributed by atoms with Crippen molar-refractivity contribution in [3.63, 3.8) is 0 Å². The van der Waals surface area contributed by atoms with Crippen LogP contribution in [0.1, 0.15) is 19.8 Å². The standard InChI is InChI=1S/C12H17NO2S/c1-3-8-11(4-2)13-16(14,15)12-9-6-5-7-10-12/h4-7,9-11,13H,2-3,8H2,1H3. The molecule has 1 N–H and O–H groups in total. The van der Waals surface area contributed by atoms with Gasteiger partial charge in [-0.25, -0.2) is 13.1 Å². The van der Waals surface area contributed by atoms with Gasteiger partial charge in [0.05, 0.1) is 4.90 Å². The highest BCUT2D eigenvalue weighted by molar-refractivity contribution is 7.89. The minimum Gasteiger partial charge on any atom is -0.207 e. The molecule has 0 bridgehead atoms. The van der Waals surface area contributed by atoms with Gasteiger partial charge in [0.2, 0.25) is 10.0 Å². The van der Waals surface area contributed by atoms with E-state index in [1.54, 1.807) is 36.4 Å². The van der Waals surface area contributed by atoms with Crippen molar-refractivity contribution in [3.8, 4) is 0 Å². The van der Waals surface area contributed by atoms with Gasteiger partial charge in [0.1, 0.15) is 0 Å². The van der Waals surface area contributed by atoms with Crippen LogP contribution in [0, 0.1) is 0 Å². The molecule has 0 heterocycles. The van der Waals surface area contributed by atoms with Gasteiger partial charge in [0.15, 0.2) is 0 Å². The number of rotatable bonds is 6. The lowest BCUT2D eigenvalue weighted by molar-refractivity contribution is 0.560. The second-order valence-electron chi connectivity index (χ2n) is 3.57. The Morgan fingerprint density at radius 1 is 1.38 bits per heavy atom. The fourth-order valence-corrected chi connectivity index (χ4v) is 2.67. The molecule has 88 valence electrons. The summed E-state index contributed by atoms with van der Waals surface area (Å²) < 4.78 is 26.4. The van der Waals surface area contributed by atoms with Gasteiger partial charge in [-0.1, -0.05) is 37.6 Å². The highest BCUT2D eigenvalue weighted by Crippen LogP contribution is 2.09. The van der Waals surface area contributed by atoms with Gasteiger partial charge in [-0.15, -0.1) is 6.58 Å². The molecule has 0 amide bonds. The lowest BCUT2D eigenvalue weighted by atomic mass is 10.2. The number of benzene rings is 1. The summed E-state index contributed by atoms with van der Waals surface area (Å²) >= 11 is 0. The Labute approximate surface area is 97.2 Å². The van der Waals surface area contributed by atoms with Crippen molar-refractivity contribution in [1.29, 1.82) is 0 Å². The maximum atomic E-state index is 11.9. The highest BCUT2D eigenvalue weighted by atomic mass is 32.2. The molecule has 0 aliphatic carbocycles. The van der Waals surface area contributed by atoms with E-state index in [0.29, 0.717) is 0 Å². The molecular weight excluding hydrogens is 222 g/mol. The van der Waals surface area contributed by atoms with Crippen molar-refractivity contribution in [2.75, 3.05) is 0 Å². The fourth-order valence-electron chi connectivity index (χ4n) is 1.40. The summed E-state index contributed by atoms with van der Waals surface area (Å²) in [4.78, 5) is 0.290. The topological polar surface area (TPSA) is 46.2 Å². The van der Waals surface area contributed by atoms with Crippen molar-refractivity contribution in [2.45, 2.75) is 30.7 Å². The summed E-state index contributed by atoms with van der Waals surface area (Å²) in [6.45, 7) is 5.64. The van der Waals surface area contributed by atoms with Crippen LogP contribution in [-0.2, 0) is 10.0 Å². The van der Waals surface area contributed by atoms with Crippen LogP contribution in [0.15, 0.2) is 47.9 Å². The van der Waals surface area contributed by atoms with Gasteiger partial charge in [-0.3, -0.25) is 0 Å². The van der Waals surface area contributed by atoms with Crippen LogP contribution in [0.25, 0.3) is 0 Å². The summed E-state index contributed by atoms with van der Waals surface area (Å²) in [7, 11) is -3.42. The Hall–Kier alpha value is -1.13. The van der Waals surface area contributed by atoms with E-state index in [2.05, 4.69) is 11.3 Å². The Balaban J connectivity index is 2.83. The van der Waals surface area contributed by atoms with Crippen LogP contribution in [-0.4, -0.2) is 14.5 Å². The average Bonchev–Trinajstić information content (AvgIpc) is 2.29. The molecule has 4 heteroatoms. The molecule has 1 rings (SSSR count). The van der Waals surface area contributed by atoms with Crippen LogP contribution in [0.4, 0.5) is 0 Å². The zero-order valence-corrected chi connectivity index (χ0v) is 10.2. The largest absolute Gasteiger partial charge is 0.241 e. The van der Waals surface area contributed by atoms with Crippen LogP contribution in [0.3, 0.4) is 0 Å². The fraction of sp³-hybridized carbons (Fsp3) is 0.333. The molecule has 0 aliphatic rings. The Kier molecular flexibility index (Phi) is 4.71. The van der Waals surface area contributed by atoms with Crippen LogP contribution >= 0.6 is 0 Å². The third kappa shape index (κ3) is 3.47. The molecule has 16 heavy (non-hydrogen) atoms. The maximum absolute atomic E-state index is 11.9. The predicted octanol–water partition coefficient (Wildman–Crippen LogP) is 2.32. The van der Waals surface area contributed by atoms with Crippen LogP contribution in [0.5, 0.6) is 0 Å². The van der Waals surface area contributed by atoms with E-state index in [-0.39, 0.29) is 10.9 Å². The van der Waals surface area contributed by atoms with E-state index in [1.165, 1.54) is 0 Å². The van der Waals surface area contributed by atoms with Gasteiger partial charge in [-0.05, 0) is 18.6 Å². The number of nitrogens with one attached hydrogen (secondary N) is 1. The summed E-state index contributed by atoms with van der Waals surface area (Å²) in [5.74, 6) is 0. The van der Waals surface area contributed by atoms with Crippen molar-refractivity contribution >= 4 is 10.0 Å². The Bertz CT molecular complexity index is 426. The van der Waals surface area contributed by atoms with Gasteiger partial charge in [0.25, 0.3) is 0 Å². The molecule has 0 fully saturated rings.